The van der Waals surface area contributed by atoms with Gasteiger partial charge in [-0.05, 0) is 52.0 Å². The first kappa shape index (κ1) is 21.0. The van der Waals surface area contributed by atoms with E-state index >= 15 is 0 Å². The Kier molecular flexibility index (Phi) is 5.73. The summed E-state index contributed by atoms with van der Waals surface area (Å²) in [6.07, 6.45) is 1.74. The number of fused-ring (bicyclic) bond motifs is 1. The molecule has 8 nitrogen and oxygen atoms in total. The molecule has 4 rings (SSSR count). The first-order chi connectivity index (χ1) is 14.8. The van der Waals surface area contributed by atoms with Crippen molar-refractivity contribution in [3.8, 4) is 6.01 Å². The molecule has 3 aromatic rings. The van der Waals surface area contributed by atoms with Gasteiger partial charge in [-0.15, -0.1) is 0 Å². The summed E-state index contributed by atoms with van der Waals surface area (Å²) >= 11 is 0. The predicted octanol–water partition coefficient (Wildman–Crippen LogP) is 3.09. The SMILES string of the molecule is COc1ncc2c(N3C[C@@H](C)N[C@@H](C)C3)ccc(C(=O)Nc3cc(C)nc(C)c3)c2n1. The molecule has 1 aromatic carbocycles. The number of amides is 1. The van der Waals surface area contributed by atoms with E-state index < -0.39 is 0 Å². The van der Waals surface area contributed by atoms with Crippen molar-refractivity contribution in [3.05, 3.63) is 47.4 Å². The normalized spacial score (nSPS) is 18.8. The zero-order valence-corrected chi connectivity index (χ0v) is 18.6. The molecular formula is C23H28N6O2. The molecule has 0 bridgehead atoms. The molecular weight excluding hydrogens is 392 g/mol. The fourth-order valence-corrected chi connectivity index (χ4v) is 4.28. The van der Waals surface area contributed by atoms with Crippen LogP contribution in [0.2, 0.25) is 0 Å². The number of carbonyl (C=O) groups is 1. The molecule has 162 valence electrons. The Balaban J connectivity index is 1.76. The van der Waals surface area contributed by atoms with E-state index in [4.69, 9.17) is 4.74 Å². The van der Waals surface area contributed by atoms with Gasteiger partial charge in [0.15, 0.2) is 0 Å². The summed E-state index contributed by atoms with van der Waals surface area (Å²) in [6, 6.07) is 8.47. The quantitative estimate of drug-likeness (QED) is 0.670. The minimum Gasteiger partial charge on any atom is -0.467 e. The number of hydrogen-bond donors (Lipinski definition) is 2. The van der Waals surface area contributed by atoms with Crippen LogP contribution < -0.4 is 20.3 Å². The minimum absolute atomic E-state index is 0.232. The Labute approximate surface area is 182 Å². The molecule has 3 heterocycles. The van der Waals surface area contributed by atoms with Gasteiger partial charge in [0.1, 0.15) is 0 Å². The topological polar surface area (TPSA) is 92.3 Å². The Morgan fingerprint density at radius 3 is 2.45 bits per heavy atom. The number of ether oxygens (including phenoxy) is 1. The average molecular weight is 421 g/mol. The van der Waals surface area contributed by atoms with Crippen molar-refractivity contribution in [1.29, 1.82) is 0 Å². The second-order valence-corrected chi connectivity index (χ2v) is 8.22. The van der Waals surface area contributed by atoms with Crippen LogP contribution in [0, 0.1) is 13.8 Å². The van der Waals surface area contributed by atoms with Crippen molar-refractivity contribution in [2.24, 2.45) is 0 Å². The molecule has 0 aliphatic carbocycles. The van der Waals surface area contributed by atoms with Gasteiger partial charge in [-0.3, -0.25) is 9.78 Å². The van der Waals surface area contributed by atoms with Gasteiger partial charge in [-0.25, -0.2) is 4.98 Å². The number of pyridine rings is 1. The highest BCUT2D eigenvalue weighted by Crippen LogP contribution is 2.31. The summed E-state index contributed by atoms with van der Waals surface area (Å²) in [4.78, 5) is 28.7. The predicted molar refractivity (Wildman–Crippen MR) is 122 cm³/mol. The van der Waals surface area contributed by atoms with Gasteiger partial charge in [-0.1, -0.05) is 0 Å². The van der Waals surface area contributed by atoms with Gasteiger partial charge in [0.2, 0.25) is 0 Å². The number of anilines is 2. The highest BCUT2D eigenvalue weighted by molar-refractivity contribution is 6.13. The smallest absolute Gasteiger partial charge is 0.316 e. The van der Waals surface area contributed by atoms with Crippen LogP contribution >= 0.6 is 0 Å². The van der Waals surface area contributed by atoms with Crippen LogP contribution in [0.3, 0.4) is 0 Å². The largest absolute Gasteiger partial charge is 0.467 e. The van der Waals surface area contributed by atoms with Crippen LogP contribution in [0.25, 0.3) is 10.9 Å². The summed E-state index contributed by atoms with van der Waals surface area (Å²) < 4.78 is 5.24. The highest BCUT2D eigenvalue weighted by Gasteiger charge is 2.24. The zero-order chi connectivity index (χ0) is 22.1. The Morgan fingerprint density at radius 1 is 1.13 bits per heavy atom. The molecule has 1 amide bonds. The number of nitrogens with one attached hydrogen (secondary N) is 2. The number of carbonyl (C=O) groups excluding carboxylic acids is 1. The molecule has 0 unspecified atom stereocenters. The molecule has 31 heavy (non-hydrogen) atoms. The standard InChI is InChI=1S/C23H28N6O2/c1-13-8-17(9-14(2)25-13)27-22(30)18-6-7-20(29-11-15(3)26-16(4)12-29)19-10-24-23(31-5)28-21(18)19/h6-10,15-16,26H,11-12H2,1-5H3,(H,25,27,30)/t15-,16+. The fraction of sp³-hybridized carbons (Fsp3) is 0.391. The molecule has 2 N–H and O–H groups in total. The van der Waals surface area contributed by atoms with Gasteiger partial charge in [0.05, 0.1) is 18.2 Å². The Bertz CT molecular complexity index is 1100. The third-order valence-corrected chi connectivity index (χ3v) is 5.37. The van der Waals surface area contributed by atoms with Gasteiger partial charge in [-0.2, -0.15) is 4.98 Å². The number of rotatable bonds is 4. The third kappa shape index (κ3) is 4.44. The van der Waals surface area contributed by atoms with Crippen LogP contribution in [-0.4, -0.2) is 53.1 Å². The van der Waals surface area contributed by atoms with E-state index in [1.54, 1.807) is 6.20 Å². The molecule has 1 fully saturated rings. The second kappa shape index (κ2) is 8.47. The summed E-state index contributed by atoms with van der Waals surface area (Å²) in [5.74, 6) is -0.232. The summed E-state index contributed by atoms with van der Waals surface area (Å²) in [5.41, 5.74) is 4.47. The lowest BCUT2D eigenvalue weighted by Gasteiger charge is -2.38. The number of benzene rings is 1. The lowest BCUT2D eigenvalue weighted by atomic mass is 10.0. The van der Waals surface area contributed by atoms with E-state index in [-0.39, 0.29) is 11.9 Å². The van der Waals surface area contributed by atoms with Gasteiger partial charge < -0.3 is 20.3 Å². The van der Waals surface area contributed by atoms with Crippen LogP contribution in [0.5, 0.6) is 6.01 Å². The van der Waals surface area contributed by atoms with E-state index in [0.29, 0.717) is 28.9 Å². The molecule has 0 spiro atoms. The molecule has 1 aliphatic heterocycles. The van der Waals surface area contributed by atoms with Crippen molar-refractivity contribution in [3.63, 3.8) is 0 Å². The maximum Gasteiger partial charge on any atom is 0.316 e. The van der Waals surface area contributed by atoms with E-state index in [2.05, 4.69) is 44.3 Å². The molecule has 2 aromatic heterocycles. The van der Waals surface area contributed by atoms with Crippen LogP contribution in [0.4, 0.5) is 11.4 Å². The number of nitrogens with zero attached hydrogens (tertiary/aromatic N) is 4. The van der Waals surface area contributed by atoms with Gasteiger partial charge in [0, 0.05) is 59.5 Å². The molecule has 0 radical (unpaired) electrons. The Hall–Kier alpha value is -3.26. The lowest BCUT2D eigenvalue weighted by Crippen LogP contribution is -2.54. The number of methoxy groups -OCH3 is 1. The maximum atomic E-state index is 13.2. The van der Waals surface area contributed by atoms with Crippen molar-refractivity contribution >= 4 is 28.2 Å². The lowest BCUT2D eigenvalue weighted by molar-refractivity contribution is 0.102. The van der Waals surface area contributed by atoms with Crippen molar-refractivity contribution < 1.29 is 9.53 Å². The van der Waals surface area contributed by atoms with E-state index in [1.807, 2.05) is 38.1 Å². The minimum atomic E-state index is -0.232. The van der Waals surface area contributed by atoms with Crippen molar-refractivity contribution in [2.75, 3.05) is 30.4 Å². The van der Waals surface area contributed by atoms with E-state index in [9.17, 15) is 4.79 Å². The number of aromatic nitrogens is 3. The number of piperazine rings is 1. The van der Waals surface area contributed by atoms with Crippen molar-refractivity contribution in [2.45, 2.75) is 39.8 Å². The molecule has 2 atom stereocenters. The average Bonchev–Trinajstić information content (AvgIpc) is 2.70. The first-order valence-corrected chi connectivity index (χ1v) is 10.5. The van der Waals surface area contributed by atoms with Gasteiger partial charge >= 0.3 is 6.01 Å². The van der Waals surface area contributed by atoms with Crippen LogP contribution in [0.15, 0.2) is 30.5 Å². The zero-order valence-electron chi connectivity index (χ0n) is 18.6. The molecule has 1 saturated heterocycles. The second-order valence-electron chi connectivity index (χ2n) is 8.22. The Morgan fingerprint density at radius 2 is 1.81 bits per heavy atom. The van der Waals surface area contributed by atoms with Crippen LogP contribution in [-0.2, 0) is 0 Å². The van der Waals surface area contributed by atoms with E-state index in [0.717, 1.165) is 35.6 Å². The van der Waals surface area contributed by atoms with Crippen molar-refractivity contribution in [1.82, 2.24) is 20.3 Å². The number of hydrogen-bond acceptors (Lipinski definition) is 7. The summed E-state index contributed by atoms with van der Waals surface area (Å²) in [5, 5.41) is 7.36. The summed E-state index contributed by atoms with van der Waals surface area (Å²) in [6.45, 7) is 9.88. The third-order valence-electron chi connectivity index (χ3n) is 5.37. The van der Waals surface area contributed by atoms with Gasteiger partial charge in [0.25, 0.3) is 5.91 Å². The highest BCUT2D eigenvalue weighted by atomic mass is 16.5. The monoisotopic (exact) mass is 420 g/mol. The molecule has 0 saturated carbocycles. The molecule has 1 aliphatic rings. The molecule has 8 heteroatoms. The maximum absolute atomic E-state index is 13.2. The fourth-order valence-electron chi connectivity index (χ4n) is 4.28. The number of aryl methyl sites for hydroxylation is 2. The summed E-state index contributed by atoms with van der Waals surface area (Å²) in [7, 11) is 1.52. The first-order valence-electron chi connectivity index (χ1n) is 10.5. The van der Waals surface area contributed by atoms with Crippen LogP contribution in [0.1, 0.15) is 35.6 Å². The van der Waals surface area contributed by atoms with E-state index in [1.165, 1.54) is 7.11 Å².